The quantitative estimate of drug-likeness (QED) is 0.562. The van der Waals surface area contributed by atoms with Crippen LogP contribution in [0.15, 0.2) is 67.4 Å². The molecule has 1 aliphatic heterocycles. The van der Waals surface area contributed by atoms with Crippen molar-refractivity contribution < 1.29 is 4.79 Å². The Morgan fingerprint density at radius 3 is 2.77 bits per heavy atom. The second-order valence-corrected chi connectivity index (χ2v) is 8.65. The van der Waals surface area contributed by atoms with Crippen LogP contribution in [0.25, 0.3) is 10.9 Å². The van der Waals surface area contributed by atoms with E-state index in [1.165, 1.54) is 22.0 Å². The SMILES string of the molecule is C=CCn1cc2c3c(cccc31)C(CC(C)C)NC(C(=O)NCc1ccccc1)C2. The maximum Gasteiger partial charge on any atom is 0.237 e. The van der Waals surface area contributed by atoms with Gasteiger partial charge in [0, 0.05) is 36.2 Å². The molecule has 0 radical (unpaired) electrons. The van der Waals surface area contributed by atoms with Crippen LogP contribution in [0.2, 0.25) is 0 Å². The first kappa shape index (κ1) is 20.4. The minimum absolute atomic E-state index is 0.0602. The van der Waals surface area contributed by atoms with Crippen LogP contribution < -0.4 is 10.6 Å². The summed E-state index contributed by atoms with van der Waals surface area (Å²) in [6, 6.07) is 16.5. The van der Waals surface area contributed by atoms with Crippen molar-refractivity contribution in [3.05, 3.63) is 84.1 Å². The molecule has 2 heterocycles. The number of nitrogens with one attached hydrogen (secondary N) is 2. The van der Waals surface area contributed by atoms with Crippen LogP contribution in [0, 0.1) is 5.92 Å². The molecule has 0 saturated heterocycles. The number of carbonyl (C=O) groups excluding carboxylic acids is 1. The molecule has 4 heteroatoms. The Bertz CT molecular complexity index is 1040. The lowest BCUT2D eigenvalue weighted by molar-refractivity contribution is -0.123. The standard InChI is InChI=1S/C26H31N3O/c1-4-13-29-17-20-15-23(26(30)27-16-19-9-6-5-7-10-19)28-22(14-18(2)3)21-11-8-12-24(29)25(20)21/h4-12,17-18,22-23,28H,1,13-16H2,2-3H3,(H,27,30). The summed E-state index contributed by atoms with van der Waals surface area (Å²) in [5, 5.41) is 8.12. The maximum absolute atomic E-state index is 13.2. The largest absolute Gasteiger partial charge is 0.351 e. The number of allylic oxidation sites excluding steroid dienone is 1. The van der Waals surface area contributed by atoms with Crippen molar-refractivity contribution in [2.75, 3.05) is 0 Å². The summed E-state index contributed by atoms with van der Waals surface area (Å²) in [5.74, 6) is 0.590. The summed E-state index contributed by atoms with van der Waals surface area (Å²) in [5.41, 5.74) is 4.88. The molecule has 3 aromatic rings. The zero-order valence-electron chi connectivity index (χ0n) is 17.9. The molecule has 2 N–H and O–H groups in total. The van der Waals surface area contributed by atoms with Gasteiger partial charge in [-0.1, -0.05) is 62.4 Å². The van der Waals surface area contributed by atoms with Crippen LogP contribution >= 0.6 is 0 Å². The lowest BCUT2D eigenvalue weighted by Crippen LogP contribution is -2.46. The Balaban J connectivity index is 1.65. The van der Waals surface area contributed by atoms with Crippen molar-refractivity contribution >= 4 is 16.8 Å². The van der Waals surface area contributed by atoms with E-state index < -0.39 is 0 Å². The summed E-state index contributed by atoms with van der Waals surface area (Å²) in [4.78, 5) is 13.2. The van der Waals surface area contributed by atoms with E-state index in [9.17, 15) is 4.79 Å². The molecule has 4 rings (SSSR count). The molecule has 30 heavy (non-hydrogen) atoms. The van der Waals surface area contributed by atoms with Crippen LogP contribution in [0.3, 0.4) is 0 Å². The van der Waals surface area contributed by atoms with Gasteiger partial charge in [0.25, 0.3) is 0 Å². The summed E-state index contributed by atoms with van der Waals surface area (Å²) in [7, 11) is 0. The van der Waals surface area contributed by atoms with E-state index in [2.05, 4.69) is 60.0 Å². The van der Waals surface area contributed by atoms with E-state index in [0.717, 1.165) is 18.5 Å². The van der Waals surface area contributed by atoms with Crippen molar-refractivity contribution in [3.8, 4) is 0 Å². The van der Waals surface area contributed by atoms with Crippen LogP contribution in [0.5, 0.6) is 0 Å². The third-order valence-corrected chi connectivity index (χ3v) is 5.88. The van der Waals surface area contributed by atoms with Crippen molar-refractivity contribution in [1.82, 2.24) is 15.2 Å². The number of hydrogen-bond donors (Lipinski definition) is 2. The van der Waals surface area contributed by atoms with E-state index in [-0.39, 0.29) is 18.0 Å². The van der Waals surface area contributed by atoms with Crippen LogP contribution in [0.1, 0.15) is 43.0 Å². The Morgan fingerprint density at radius 1 is 1.23 bits per heavy atom. The molecule has 0 aliphatic carbocycles. The van der Waals surface area contributed by atoms with Crippen molar-refractivity contribution in [2.45, 2.75) is 51.9 Å². The van der Waals surface area contributed by atoms with Gasteiger partial charge in [-0.3, -0.25) is 10.1 Å². The third kappa shape index (κ3) is 4.19. The molecule has 1 aromatic heterocycles. The summed E-state index contributed by atoms with van der Waals surface area (Å²) >= 11 is 0. The molecule has 2 unspecified atom stereocenters. The van der Waals surface area contributed by atoms with E-state index in [4.69, 9.17) is 0 Å². The number of carbonyl (C=O) groups is 1. The van der Waals surface area contributed by atoms with Crippen LogP contribution in [0.4, 0.5) is 0 Å². The smallest absolute Gasteiger partial charge is 0.237 e. The molecule has 156 valence electrons. The highest BCUT2D eigenvalue weighted by Crippen LogP contribution is 2.35. The van der Waals surface area contributed by atoms with E-state index in [1.807, 2.05) is 36.4 Å². The highest BCUT2D eigenvalue weighted by atomic mass is 16.2. The van der Waals surface area contributed by atoms with Crippen molar-refractivity contribution in [1.29, 1.82) is 0 Å². The average Bonchev–Trinajstić information content (AvgIpc) is 3.00. The number of aromatic nitrogens is 1. The van der Waals surface area contributed by atoms with E-state index in [0.29, 0.717) is 18.9 Å². The molecule has 0 bridgehead atoms. The molecule has 1 aliphatic rings. The van der Waals surface area contributed by atoms with Gasteiger partial charge in [0.1, 0.15) is 0 Å². The zero-order chi connectivity index (χ0) is 21.1. The summed E-state index contributed by atoms with van der Waals surface area (Å²) in [6.07, 6.45) is 5.81. The summed E-state index contributed by atoms with van der Waals surface area (Å²) < 4.78 is 2.25. The fourth-order valence-corrected chi connectivity index (χ4v) is 4.56. The van der Waals surface area contributed by atoms with Crippen molar-refractivity contribution in [2.24, 2.45) is 5.92 Å². The monoisotopic (exact) mass is 401 g/mol. The molecule has 2 atom stereocenters. The maximum atomic E-state index is 13.2. The Morgan fingerprint density at radius 2 is 2.03 bits per heavy atom. The Hall–Kier alpha value is -2.85. The normalized spacial score (nSPS) is 18.4. The first-order valence-corrected chi connectivity index (χ1v) is 10.9. The molecule has 2 aromatic carbocycles. The van der Waals surface area contributed by atoms with Gasteiger partial charge in [0.05, 0.1) is 6.04 Å². The number of benzene rings is 2. The fraction of sp³-hybridized carbons (Fsp3) is 0.346. The average molecular weight is 402 g/mol. The molecule has 0 spiro atoms. The minimum atomic E-state index is -0.257. The number of amides is 1. The lowest BCUT2D eigenvalue weighted by atomic mass is 9.94. The second-order valence-electron chi connectivity index (χ2n) is 8.65. The number of rotatable bonds is 7. The van der Waals surface area contributed by atoms with Gasteiger partial charge >= 0.3 is 0 Å². The predicted octanol–water partition coefficient (Wildman–Crippen LogP) is 4.75. The molecule has 1 amide bonds. The zero-order valence-corrected chi connectivity index (χ0v) is 17.9. The molecular formula is C26H31N3O. The number of hydrogen-bond acceptors (Lipinski definition) is 2. The Labute approximate surface area is 179 Å². The van der Waals surface area contributed by atoms with Gasteiger partial charge in [-0.15, -0.1) is 6.58 Å². The molecule has 4 nitrogen and oxygen atoms in total. The summed E-state index contributed by atoms with van der Waals surface area (Å²) in [6.45, 7) is 9.70. The van der Waals surface area contributed by atoms with Gasteiger partial charge in [-0.05, 0) is 41.5 Å². The highest BCUT2D eigenvalue weighted by molar-refractivity contribution is 5.90. The molecule has 0 fully saturated rings. The minimum Gasteiger partial charge on any atom is -0.351 e. The van der Waals surface area contributed by atoms with Gasteiger partial charge in [-0.2, -0.15) is 0 Å². The van der Waals surface area contributed by atoms with Crippen LogP contribution in [-0.2, 0) is 24.3 Å². The van der Waals surface area contributed by atoms with E-state index in [1.54, 1.807) is 0 Å². The first-order valence-electron chi connectivity index (χ1n) is 10.9. The van der Waals surface area contributed by atoms with Crippen LogP contribution in [-0.4, -0.2) is 16.5 Å². The fourth-order valence-electron chi connectivity index (χ4n) is 4.56. The van der Waals surface area contributed by atoms with Gasteiger partial charge in [0.15, 0.2) is 0 Å². The van der Waals surface area contributed by atoms with Gasteiger partial charge in [-0.25, -0.2) is 0 Å². The number of nitrogens with zero attached hydrogens (tertiary/aromatic N) is 1. The third-order valence-electron chi connectivity index (χ3n) is 5.88. The predicted molar refractivity (Wildman–Crippen MR) is 123 cm³/mol. The molecular weight excluding hydrogens is 370 g/mol. The lowest BCUT2D eigenvalue weighted by Gasteiger charge is -2.25. The van der Waals surface area contributed by atoms with E-state index >= 15 is 0 Å². The highest BCUT2D eigenvalue weighted by Gasteiger charge is 2.30. The molecule has 0 saturated carbocycles. The second kappa shape index (κ2) is 8.88. The Kier molecular flexibility index (Phi) is 6.05. The van der Waals surface area contributed by atoms with Crippen molar-refractivity contribution in [3.63, 3.8) is 0 Å². The topological polar surface area (TPSA) is 46.1 Å². The first-order chi connectivity index (χ1) is 14.6. The van der Waals surface area contributed by atoms with Gasteiger partial charge < -0.3 is 9.88 Å². The van der Waals surface area contributed by atoms with Gasteiger partial charge in [0.2, 0.25) is 5.91 Å².